The van der Waals surface area contributed by atoms with Crippen LogP contribution in [0, 0.1) is 0 Å². The molecule has 0 aliphatic carbocycles. The van der Waals surface area contributed by atoms with E-state index in [1.165, 1.54) is 32.0 Å². The zero-order valence-corrected chi connectivity index (χ0v) is 19.3. The van der Waals surface area contributed by atoms with Gasteiger partial charge in [-0.1, -0.05) is 11.8 Å². The van der Waals surface area contributed by atoms with Crippen LogP contribution in [0.2, 0.25) is 0 Å². The summed E-state index contributed by atoms with van der Waals surface area (Å²) in [5.41, 5.74) is 0.0562. The number of carbonyl (C=O) groups is 1. The maximum atomic E-state index is 12.9. The molecular weight excluding hydrogens is 434 g/mol. The van der Waals surface area contributed by atoms with Gasteiger partial charge in [-0.05, 0) is 45.0 Å². The zero-order valence-electron chi connectivity index (χ0n) is 18.5. The third-order valence-corrected chi connectivity index (χ3v) is 5.13. The fourth-order valence-corrected chi connectivity index (χ4v) is 3.79. The molecule has 9 heteroatoms. The smallest absolute Gasteiger partial charge is 0.412 e. The first-order valence-electron chi connectivity index (χ1n) is 9.99. The summed E-state index contributed by atoms with van der Waals surface area (Å²) in [4.78, 5) is 25.2. The Morgan fingerprint density at radius 3 is 2.38 bits per heavy atom. The van der Waals surface area contributed by atoms with Crippen LogP contribution in [0.25, 0.3) is 11.0 Å². The summed E-state index contributed by atoms with van der Waals surface area (Å²) in [6.45, 7) is 6.06. The van der Waals surface area contributed by atoms with Crippen LogP contribution in [0.4, 0.5) is 4.79 Å². The molecule has 0 spiro atoms. The maximum Gasteiger partial charge on any atom is 0.412 e. The van der Waals surface area contributed by atoms with E-state index < -0.39 is 6.09 Å². The Labute approximate surface area is 189 Å². The van der Waals surface area contributed by atoms with Crippen molar-refractivity contribution >= 4 is 28.8 Å². The van der Waals surface area contributed by atoms with E-state index >= 15 is 0 Å². The lowest BCUT2D eigenvalue weighted by molar-refractivity contribution is 0.201. The molecule has 1 heterocycles. The summed E-state index contributed by atoms with van der Waals surface area (Å²) in [6.07, 6.45) is -0.632. The van der Waals surface area contributed by atoms with Gasteiger partial charge in [0.1, 0.15) is 16.7 Å². The molecule has 32 heavy (non-hydrogen) atoms. The van der Waals surface area contributed by atoms with E-state index in [1.807, 2.05) is 20.8 Å². The topological polar surface area (TPSA) is 96.2 Å². The molecule has 0 fully saturated rings. The molecule has 0 aliphatic heterocycles. The Bertz CT molecular complexity index is 1160. The highest BCUT2D eigenvalue weighted by Crippen LogP contribution is 2.43. The van der Waals surface area contributed by atoms with E-state index in [2.05, 4.69) is 5.32 Å². The van der Waals surface area contributed by atoms with E-state index in [-0.39, 0.29) is 22.7 Å². The molecular formula is C23H25NO7S. The van der Waals surface area contributed by atoms with Crippen LogP contribution < -0.4 is 29.7 Å². The second-order valence-electron chi connectivity index (χ2n) is 6.90. The van der Waals surface area contributed by atoms with Crippen molar-refractivity contribution < 1.29 is 28.2 Å². The van der Waals surface area contributed by atoms with E-state index in [9.17, 15) is 9.59 Å². The average Bonchev–Trinajstić information content (AvgIpc) is 2.73. The number of fused-ring (bicyclic) bond motifs is 1. The Kier molecular flexibility index (Phi) is 7.53. The van der Waals surface area contributed by atoms with Crippen molar-refractivity contribution in [3.05, 3.63) is 46.6 Å². The minimum Gasteiger partial charge on any atom is -0.492 e. The van der Waals surface area contributed by atoms with Gasteiger partial charge in [0, 0.05) is 23.6 Å². The minimum atomic E-state index is -0.516. The van der Waals surface area contributed by atoms with Crippen molar-refractivity contribution in [2.75, 3.05) is 20.8 Å². The van der Waals surface area contributed by atoms with Crippen molar-refractivity contribution in [3.8, 4) is 23.0 Å². The highest BCUT2D eigenvalue weighted by atomic mass is 32.2. The number of hydrogen-bond acceptors (Lipinski definition) is 8. The van der Waals surface area contributed by atoms with Crippen LogP contribution in [0.3, 0.4) is 0 Å². The molecule has 8 nitrogen and oxygen atoms in total. The highest BCUT2D eigenvalue weighted by Gasteiger charge is 2.21. The normalized spacial score (nSPS) is 10.8. The van der Waals surface area contributed by atoms with Crippen molar-refractivity contribution in [2.24, 2.45) is 0 Å². The van der Waals surface area contributed by atoms with Gasteiger partial charge in [0.05, 0.1) is 20.3 Å². The average molecular weight is 460 g/mol. The number of amides is 1. The monoisotopic (exact) mass is 459 g/mol. The standard InChI is InChI=1S/C23H25NO7S/c1-6-24-23(26)30-14-7-9-15(10-8-14)32-19-11-16(25)20-17(31-19)12-18(29-13(2)3)21(27-4)22(20)28-5/h7-13H,6H2,1-5H3,(H,24,26). The lowest BCUT2D eigenvalue weighted by Gasteiger charge is -2.17. The summed E-state index contributed by atoms with van der Waals surface area (Å²) < 4.78 is 27.9. The quantitative estimate of drug-likeness (QED) is 0.510. The summed E-state index contributed by atoms with van der Waals surface area (Å²) in [5, 5.41) is 3.22. The lowest BCUT2D eigenvalue weighted by Crippen LogP contribution is -2.26. The summed E-state index contributed by atoms with van der Waals surface area (Å²) in [5.74, 6) is 1.43. The fourth-order valence-electron chi connectivity index (χ4n) is 2.98. The van der Waals surface area contributed by atoms with Crippen molar-refractivity contribution in [2.45, 2.75) is 36.9 Å². The molecule has 0 bridgehead atoms. The van der Waals surface area contributed by atoms with Crippen LogP contribution >= 0.6 is 11.8 Å². The number of carbonyl (C=O) groups excluding carboxylic acids is 1. The molecule has 0 saturated heterocycles. The maximum absolute atomic E-state index is 12.9. The van der Waals surface area contributed by atoms with Gasteiger partial charge >= 0.3 is 6.09 Å². The summed E-state index contributed by atoms with van der Waals surface area (Å²) >= 11 is 1.26. The SMILES string of the molecule is CCNC(=O)Oc1ccc(Sc2cc(=O)c3c(OC)c(OC)c(OC(C)C)cc3o2)cc1. The number of ether oxygens (including phenoxy) is 4. The van der Waals surface area contributed by atoms with E-state index in [0.29, 0.717) is 34.5 Å². The van der Waals surface area contributed by atoms with E-state index in [4.69, 9.17) is 23.4 Å². The van der Waals surface area contributed by atoms with Gasteiger partial charge in [0.2, 0.25) is 5.75 Å². The van der Waals surface area contributed by atoms with Crippen LogP contribution in [0.15, 0.2) is 55.6 Å². The van der Waals surface area contributed by atoms with Gasteiger partial charge in [-0.25, -0.2) is 4.79 Å². The first-order chi connectivity index (χ1) is 15.4. The second kappa shape index (κ2) is 10.3. The summed E-state index contributed by atoms with van der Waals surface area (Å²) in [7, 11) is 2.95. The van der Waals surface area contributed by atoms with Crippen LogP contribution in [0.5, 0.6) is 23.0 Å². The van der Waals surface area contributed by atoms with Gasteiger partial charge in [-0.2, -0.15) is 0 Å². The van der Waals surface area contributed by atoms with Gasteiger partial charge in [0.25, 0.3) is 0 Å². The second-order valence-corrected chi connectivity index (χ2v) is 7.98. The molecule has 0 atom stereocenters. The van der Waals surface area contributed by atoms with Crippen molar-refractivity contribution in [1.82, 2.24) is 5.32 Å². The number of benzene rings is 2. The van der Waals surface area contributed by atoms with Crippen LogP contribution in [-0.4, -0.2) is 33.0 Å². The Hall–Kier alpha value is -3.33. The molecule has 1 N–H and O–H groups in total. The zero-order chi connectivity index (χ0) is 23.3. The Balaban J connectivity index is 1.95. The predicted molar refractivity (Wildman–Crippen MR) is 122 cm³/mol. The van der Waals surface area contributed by atoms with Gasteiger partial charge in [0.15, 0.2) is 22.0 Å². The number of methoxy groups -OCH3 is 2. The summed E-state index contributed by atoms with van der Waals surface area (Å²) in [6, 6.07) is 9.90. The molecule has 3 aromatic rings. The van der Waals surface area contributed by atoms with Gasteiger partial charge in [-0.15, -0.1) is 0 Å². The van der Waals surface area contributed by atoms with E-state index in [1.54, 1.807) is 30.3 Å². The van der Waals surface area contributed by atoms with Gasteiger partial charge < -0.3 is 28.7 Å². The first-order valence-corrected chi connectivity index (χ1v) is 10.8. The minimum absolute atomic E-state index is 0.115. The van der Waals surface area contributed by atoms with E-state index in [0.717, 1.165) is 4.90 Å². The third-order valence-electron chi connectivity index (χ3n) is 4.22. The fraction of sp³-hybridized carbons (Fsp3) is 0.304. The Morgan fingerprint density at radius 1 is 1.09 bits per heavy atom. The molecule has 1 amide bonds. The van der Waals surface area contributed by atoms with Crippen molar-refractivity contribution in [3.63, 3.8) is 0 Å². The van der Waals surface area contributed by atoms with Crippen LogP contribution in [0.1, 0.15) is 20.8 Å². The lowest BCUT2D eigenvalue weighted by atomic mass is 10.1. The molecule has 1 aromatic heterocycles. The molecule has 3 rings (SSSR count). The third kappa shape index (κ3) is 5.28. The molecule has 0 radical (unpaired) electrons. The van der Waals surface area contributed by atoms with Crippen molar-refractivity contribution in [1.29, 1.82) is 0 Å². The number of nitrogens with one attached hydrogen (secondary N) is 1. The largest absolute Gasteiger partial charge is 0.492 e. The molecule has 0 saturated carbocycles. The molecule has 2 aromatic carbocycles. The molecule has 0 unspecified atom stereocenters. The number of rotatable bonds is 8. The highest BCUT2D eigenvalue weighted by molar-refractivity contribution is 7.99. The predicted octanol–water partition coefficient (Wildman–Crippen LogP) is 4.86. The van der Waals surface area contributed by atoms with Crippen LogP contribution in [-0.2, 0) is 0 Å². The molecule has 0 aliphatic rings. The van der Waals surface area contributed by atoms with Gasteiger partial charge in [-0.3, -0.25) is 4.79 Å². The Morgan fingerprint density at radius 2 is 1.78 bits per heavy atom. The number of hydrogen-bond donors (Lipinski definition) is 1. The first kappa shape index (κ1) is 23.3. The molecule has 170 valence electrons.